The van der Waals surface area contributed by atoms with Gasteiger partial charge in [-0.25, -0.2) is 0 Å². The molecule has 1 aliphatic rings. The van der Waals surface area contributed by atoms with Gasteiger partial charge in [-0.1, -0.05) is 37.8 Å². The van der Waals surface area contributed by atoms with E-state index in [-0.39, 0.29) is 17.1 Å². The fourth-order valence-electron chi connectivity index (χ4n) is 2.79. The average molecular weight is 333 g/mol. The third-order valence-electron chi connectivity index (χ3n) is 4.30. The molecule has 1 saturated heterocycles. The summed E-state index contributed by atoms with van der Waals surface area (Å²) in [5.74, 6) is 0.0921. The van der Waals surface area contributed by atoms with Crippen molar-refractivity contribution in [2.75, 3.05) is 32.8 Å². The molecule has 21 heavy (non-hydrogen) atoms. The Kier molecular flexibility index (Phi) is 7.98. The Morgan fingerprint density at radius 1 is 1.29 bits per heavy atom. The first kappa shape index (κ1) is 18.7. The molecule has 0 amide bonds. The van der Waals surface area contributed by atoms with Gasteiger partial charge in [0.15, 0.2) is 0 Å². The van der Waals surface area contributed by atoms with E-state index in [4.69, 9.17) is 17.0 Å². The van der Waals surface area contributed by atoms with E-state index in [1.165, 1.54) is 11.8 Å². The molecule has 0 radical (unpaired) electrons. The van der Waals surface area contributed by atoms with Crippen molar-refractivity contribution < 1.29 is 9.53 Å². The molecular formula is C15H28N2O2S2. The second-order valence-electron chi connectivity index (χ2n) is 5.23. The highest BCUT2D eigenvalue weighted by molar-refractivity contribution is 8.23. The van der Waals surface area contributed by atoms with Crippen molar-refractivity contribution in [1.82, 2.24) is 9.80 Å². The third-order valence-corrected chi connectivity index (χ3v) is 6.10. The average Bonchev–Trinajstić information content (AvgIpc) is 2.82. The van der Waals surface area contributed by atoms with Gasteiger partial charge in [-0.3, -0.25) is 4.79 Å². The van der Waals surface area contributed by atoms with Gasteiger partial charge < -0.3 is 14.5 Å². The number of ether oxygens (including phenoxy) is 1. The summed E-state index contributed by atoms with van der Waals surface area (Å²) in [4.78, 5) is 16.6. The number of carbonyl (C=O) groups excluding carboxylic acids is 1. The van der Waals surface area contributed by atoms with Crippen molar-refractivity contribution in [3.8, 4) is 0 Å². The van der Waals surface area contributed by atoms with Crippen LogP contribution in [0.4, 0.5) is 0 Å². The van der Waals surface area contributed by atoms with Crippen molar-refractivity contribution >= 4 is 34.3 Å². The van der Waals surface area contributed by atoms with Crippen LogP contribution in [-0.4, -0.2) is 64.2 Å². The minimum Gasteiger partial charge on any atom is -0.464 e. The molecule has 1 rings (SSSR count). The lowest BCUT2D eigenvalue weighted by Crippen LogP contribution is -2.43. The zero-order valence-corrected chi connectivity index (χ0v) is 15.4. The molecule has 122 valence electrons. The summed E-state index contributed by atoms with van der Waals surface area (Å²) in [6, 6.07) is 0.323. The predicted octanol–water partition coefficient (Wildman–Crippen LogP) is 2.62. The fraction of sp³-hybridized carbons (Fsp3) is 0.867. The normalized spacial score (nSPS) is 23.2. The molecule has 0 aromatic carbocycles. The Labute approximate surface area is 138 Å². The minimum atomic E-state index is -0.173. The van der Waals surface area contributed by atoms with Gasteiger partial charge in [0.25, 0.3) is 0 Å². The van der Waals surface area contributed by atoms with Crippen LogP contribution in [0.25, 0.3) is 0 Å². The number of esters is 1. The molecule has 3 atom stereocenters. The van der Waals surface area contributed by atoms with Crippen LogP contribution in [0.15, 0.2) is 0 Å². The number of hydrogen-bond donors (Lipinski definition) is 0. The van der Waals surface area contributed by atoms with Crippen molar-refractivity contribution in [3.05, 3.63) is 0 Å². The molecule has 1 fully saturated rings. The van der Waals surface area contributed by atoms with Crippen LogP contribution in [0.5, 0.6) is 0 Å². The second kappa shape index (κ2) is 8.96. The Morgan fingerprint density at radius 2 is 1.86 bits per heavy atom. The van der Waals surface area contributed by atoms with Gasteiger partial charge in [0.1, 0.15) is 9.57 Å². The van der Waals surface area contributed by atoms with E-state index in [2.05, 4.69) is 44.4 Å². The summed E-state index contributed by atoms with van der Waals surface area (Å²) < 4.78 is 6.13. The number of nitrogens with zero attached hydrogens (tertiary/aromatic N) is 2. The van der Waals surface area contributed by atoms with Crippen LogP contribution in [-0.2, 0) is 9.53 Å². The van der Waals surface area contributed by atoms with E-state index < -0.39 is 0 Å². The summed E-state index contributed by atoms with van der Waals surface area (Å²) in [6.45, 7) is 14.9. The molecule has 0 aromatic heterocycles. The minimum absolute atomic E-state index is 0.112. The van der Waals surface area contributed by atoms with Crippen LogP contribution in [0.3, 0.4) is 0 Å². The SMILES string of the molecule is CCN(CC)C(=S)SC1C(=O)OCC1C(C)N(CC)CC. The van der Waals surface area contributed by atoms with E-state index in [0.29, 0.717) is 12.6 Å². The molecule has 0 aromatic rings. The van der Waals surface area contributed by atoms with E-state index in [1.54, 1.807) is 0 Å². The molecule has 4 nitrogen and oxygen atoms in total. The molecule has 0 spiro atoms. The summed E-state index contributed by atoms with van der Waals surface area (Å²) >= 11 is 7.00. The van der Waals surface area contributed by atoms with Crippen LogP contribution in [0.2, 0.25) is 0 Å². The molecular weight excluding hydrogens is 304 g/mol. The highest BCUT2D eigenvalue weighted by Gasteiger charge is 2.42. The summed E-state index contributed by atoms with van der Waals surface area (Å²) in [5, 5.41) is -0.173. The molecule has 0 N–H and O–H groups in total. The Hall–Kier alpha value is -0.330. The molecule has 0 bridgehead atoms. The van der Waals surface area contributed by atoms with Gasteiger partial charge in [0, 0.05) is 25.0 Å². The van der Waals surface area contributed by atoms with E-state index >= 15 is 0 Å². The maximum Gasteiger partial charge on any atom is 0.320 e. The van der Waals surface area contributed by atoms with Crippen LogP contribution >= 0.6 is 24.0 Å². The van der Waals surface area contributed by atoms with Gasteiger partial charge in [0.05, 0.1) is 6.61 Å². The summed E-state index contributed by atoms with van der Waals surface area (Å²) in [7, 11) is 0. The first-order valence-corrected chi connectivity index (χ1v) is 9.14. The highest BCUT2D eigenvalue weighted by Crippen LogP contribution is 2.33. The van der Waals surface area contributed by atoms with Gasteiger partial charge >= 0.3 is 5.97 Å². The second-order valence-corrected chi connectivity index (χ2v) is 7.01. The molecule has 1 heterocycles. The smallest absolute Gasteiger partial charge is 0.320 e. The van der Waals surface area contributed by atoms with Crippen molar-refractivity contribution in [2.24, 2.45) is 5.92 Å². The van der Waals surface area contributed by atoms with Gasteiger partial charge in [0.2, 0.25) is 0 Å². The lowest BCUT2D eigenvalue weighted by Gasteiger charge is -2.32. The first-order valence-electron chi connectivity index (χ1n) is 7.86. The van der Waals surface area contributed by atoms with E-state index in [1.807, 2.05) is 0 Å². The predicted molar refractivity (Wildman–Crippen MR) is 93.7 cm³/mol. The lowest BCUT2D eigenvalue weighted by atomic mass is 9.98. The number of rotatable bonds is 7. The molecule has 1 aliphatic heterocycles. The van der Waals surface area contributed by atoms with Crippen LogP contribution < -0.4 is 0 Å². The Morgan fingerprint density at radius 3 is 2.33 bits per heavy atom. The Bertz CT molecular complexity index is 358. The maximum absolute atomic E-state index is 12.1. The van der Waals surface area contributed by atoms with E-state index in [9.17, 15) is 4.79 Å². The molecule has 3 unspecified atom stereocenters. The maximum atomic E-state index is 12.1. The van der Waals surface area contributed by atoms with E-state index in [0.717, 1.165) is 30.5 Å². The van der Waals surface area contributed by atoms with Gasteiger partial charge in [-0.05, 0) is 33.9 Å². The highest BCUT2D eigenvalue weighted by atomic mass is 32.2. The quantitative estimate of drug-likeness (QED) is 0.526. The number of hydrogen-bond acceptors (Lipinski definition) is 5. The van der Waals surface area contributed by atoms with Gasteiger partial charge in [-0.2, -0.15) is 0 Å². The van der Waals surface area contributed by atoms with Gasteiger partial charge in [-0.15, -0.1) is 0 Å². The standard InChI is InChI=1S/C15H28N2O2S2/c1-6-16(7-2)11(5)12-10-19-14(18)13(12)21-15(20)17(8-3)9-4/h11-13H,6-10H2,1-5H3. The van der Waals surface area contributed by atoms with Crippen molar-refractivity contribution in [3.63, 3.8) is 0 Å². The number of thioether (sulfide) groups is 1. The number of thiocarbonyl (C=S) groups is 1. The first-order chi connectivity index (χ1) is 9.99. The Balaban J connectivity index is 2.77. The fourth-order valence-corrected chi connectivity index (χ4v) is 4.62. The molecule has 6 heteroatoms. The number of cyclic esters (lactones) is 1. The van der Waals surface area contributed by atoms with Crippen LogP contribution in [0.1, 0.15) is 34.6 Å². The third kappa shape index (κ3) is 4.57. The largest absolute Gasteiger partial charge is 0.464 e. The summed E-state index contributed by atoms with van der Waals surface area (Å²) in [5.41, 5.74) is 0. The topological polar surface area (TPSA) is 32.8 Å². The molecule has 0 aliphatic carbocycles. The zero-order chi connectivity index (χ0) is 16.0. The molecule has 0 saturated carbocycles. The van der Waals surface area contributed by atoms with Crippen molar-refractivity contribution in [2.45, 2.75) is 45.9 Å². The van der Waals surface area contributed by atoms with Crippen LogP contribution in [0, 0.1) is 5.92 Å². The van der Waals surface area contributed by atoms with Crippen molar-refractivity contribution in [1.29, 1.82) is 0 Å². The monoisotopic (exact) mass is 332 g/mol. The summed E-state index contributed by atoms with van der Waals surface area (Å²) in [6.07, 6.45) is 0. The lowest BCUT2D eigenvalue weighted by molar-refractivity contribution is -0.137. The zero-order valence-electron chi connectivity index (χ0n) is 13.8. The number of carbonyl (C=O) groups is 1.